The molecule has 5 nitrogen and oxygen atoms in total. The first kappa shape index (κ1) is 13.1. The molecule has 0 spiro atoms. The smallest absolute Gasteiger partial charge is 0.258 e. The fourth-order valence-corrected chi connectivity index (χ4v) is 1.39. The highest BCUT2D eigenvalue weighted by molar-refractivity contribution is 7.77. The molecule has 1 unspecified atom stereocenters. The maximum atomic E-state index is 10.8. The molecule has 0 aromatic carbocycles. The number of nitrogens with one attached hydrogen (secondary N) is 1. The van der Waals surface area contributed by atoms with E-state index in [-0.39, 0.29) is 0 Å². The minimum absolute atomic E-state index is 0.306. The van der Waals surface area contributed by atoms with Crippen LogP contribution in [0.15, 0.2) is 11.3 Å². The third kappa shape index (κ3) is 4.98. The molecular formula is C8H16N2O3S. The Morgan fingerprint density at radius 1 is 1.57 bits per heavy atom. The standard InChI is InChI=1S/C8H16N2O3S/c1-3-4-5-7(10-14(12)13)6(2)8(9)11/h10H,3-5H2,1-2H3,(H2,9,11)(H,12,13)/b7-6-. The van der Waals surface area contributed by atoms with Gasteiger partial charge in [-0.25, -0.2) is 4.21 Å². The molecule has 1 amide bonds. The zero-order valence-electron chi connectivity index (χ0n) is 8.37. The summed E-state index contributed by atoms with van der Waals surface area (Å²) in [7, 11) is 0. The Labute approximate surface area is 86.2 Å². The van der Waals surface area contributed by atoms with Gasteiger partial charge in [-0.15, -0.1) is 0 Å². The summed E-state index contributed by atoms with van der Waals surface area (Å²) in [6, 6.07) is 0. The van der Waals surface area contributed by atoms with Gasteiger partial charge < -0.3 is 5.73 Å². The molecule has 1 atom stereocenters. The van der Waals surface area contributed by atoms with Gasteiger partial charge in [-0.3, -0.25) is 14.1 Å². The van der Waals surface area contributed by atoms with Crippen molar-refractivity contribution in [3.05, 3.63) is 11.3 Å². The molecule has 0 bridgehead atoms. The second-order valence-electron chi connectivity index (χ2n) is 2.92. The molecule has 4 N–H and O–H groups in total. The maximum Gasteiger partial charge on any atom is 0.258 e. The molecule has 0 aliphatic rings. The number of rotatable bonds is 6. The second-order valence-corrected chi connectivity index (χ2v) is 3.63. The Morgan fingerprint density at radius 2 is 2.14 bits per heavy atom. The SMILES string of the molecule is CCCC/C(NS(=O)O)=C(\C)C(N)=O. The largest absolute Gasteiger partial charge is 0.366 e. The molecule has 0 rings (SSSR count). The highest BCUT2D eigenvalue weighted by Gasteiger charge is 2.08. The van der Waals surface area contributed by atoms with Gasteiger partial charge in [0.1, 0.15) is 0 Å². The minimum Gasteiger partial charge on any atom is -0.366 e. The van der Waals surface area contributed by atoms with E-state index in [4.69, 9.17) is 10.3 Å². The van der Waals surface area contributed by atoms with Crippen molar-refractivity contribution in [1.82, 2.24) is 4.72 Å². The van der Waals surface area contributed by atoms with Gasteiger partial charge in [0.2, 0.25) is 5.91 Å². The van der Waals surface area contributed by atoms with Crippen LogP contribution in [0.3, 0.4) is 0 Å². The van der Waals surface area contributed by atoms with Gasteiger partial charge in [0.15, 0.2) is 0 Å². The normalized spacial score (nSPS) is 14.5. The first-order valence-corrected chi connectivity index (χ1v) is 5.46. The molecule has 0 aromatic heterocycles. The summed E-state index contributed by atoms with van der Waals surface area (Å²) in [5.74, 6) is -0.575. The van der Waals surface area contributed by atoms with Gasteiger partial charge in [-0.2, -0.15) is 0 Å². The Kier molecular flexibility index (Phi) is 6.14. The zero-order valence-corrected chi connectivity index (χ0v) is 9.19. The predicted octanol–water partition coefficient (Wildman–Crippen LogP) is 0.662. The number of amides is 1. The number of carbonyl (C=O) groups is 1. The topological polar surface area (TPSA) is 92.4 Å². The van der Waals surface area contributed by atoms with Gasteiger partial charge >= 0.3 is 0 Å². The highest BCUT2D eigenvalue weighted by Crippen LogP contribution is 2.09. The molecule has 14 heavy (non-hydrogen) atoms. The summed E-state index contributed by atoms with van der Waals surface area (Å²) in [6.45, 7) is 3.53. The number of carbonyl (C=O) groups excluding carboxylic acids is 1. The van der Waals surface area contributed by atoms with Crippen LogP contribution in [0, 0.1) is 0 Å². The van der Waals surface area contributed by atoms with Crippen molar-refractivity contribution in [3.63, 3.8) is 0 Å². The molecule has 0 heterocycles. The van der Waals surface area contributed by atoms with Gasteiger partial charge in [0.25, 0.3) is 11.3 Å². The van der Waals surface area contributed by atoms with Crippen LogP contribution in [0.1, 0.15) is 33.1 Å². The second kappa shape index (κ2) is 6.56. The van der Waals surface area contributed by atoms with E-state index >= 15 is 0 Å². The van der Waals surface area contributed by atoms with Crippen molar-refractivity contribution in [1.29, 1.82) is 0 Å². The van der Waals surface area contributed by atoms with Gasteiger partial charge in [-0.1, -0.05) is 13.3 Å². The van der Waals surface area contributed by atoms with Crippen LogP contribution in [-0.2, 0) is 16.1 Å². The van der Waals surface area contributed by atoms with Crippen LogP contribution < -0.4 is 10.5 Å². The summed E-state index contributed by atoms with van der Waals surface area (Å²) >= 11 is -2.15. The fourth-order valence-electron chi connectivity index (χ4n) is 0.923. The maximum absolute atomic E-state index is 10.8. The molecule has 0 aliphatic carbocycles. The lowest BCUT2D eigenvalue weighted by Crippen LogP contribution is -2.22. The third-order valence-corrected chi connectivity index (χ3v) is 2.23. The predicted molar refractivity (Wildman–Crippen MR) is 55.3 cm³/mol. The van der Waals surface area contributed by atoms with Crippen molar-refractivity contribution < 1.29 is 13.6 Å². The Morgan fingerprint density at radius 3 is 2.50 bits per heavy atom. The number of hydrogen-bond donors (Lipinski definition) is 3. The lowest BCUT2D eigenvalue weighted by molar-refractivity contribution is -0.114. The van der Waals surface area contributed by atoms with E-state index in [9.17, 15) is 9.00 Å². The van der Waals surface area contributed by atoms with E-state index in [1.807, 2.05) is 6.92 Å². The average molecular weight is 220 g/mol. The van der Waals surface area contributed by atoms with Crippen LogP contribution in [0.25, 0.3) is 0 Å². The van der Waals surface area contributed by atoms with Crippen molar-refractivity contribution in [3.8, 4) is 0 Å². The van der Waals surface area contributed by atoms with Gasteiger partial charge in [0.05, 0.1) is 0 Å². The van der Waals surface area contributed by atoms with E-state index in [1.165, 1.54) is 6.92 Å². The Bertz CT molecular complexity index is 263. The molecular weight excluding hydrogens is 204 g/mol. The van der Waals surface area contributed by atoms with E-state index in [0.717, 1.165) is 12.8 Å². The summed E-state index contributed by atoms with van der Waals surface area (Å²) < 4.78 is 21.4. The molecule has 0 aromatic rings. The molecule has 0 saturated carbocycles. The number of unbranched alkanes of at least 4 members (excludes halogenated alkanes) is 1. The van der Waals surface area contributed by atoms with Crippen molar-refractivity contribution >= 4 is 17.2 Å². The van der Waals surface area contributed by atoms with Crippen LogP contribution in [-0.4, -0.2) is 14.7 Å². The highest BCUT2D eigenvalue weighted by atomic mass is 32.2. The van der Waals surface area contributed by atoms with Gasteiger partial charge in [0, 0.05) is 11.3 Å². The molecule has 0 radical (unpaired) electrons. The van der Waals surface area contributed by atoms with E-state index in [2.05, 4.69) is 4.72 Å². The lowest BCUT2D eigenvalue weighted by Gasteiger charge is -2.09. The number of primary amides is 1. The number of hydrogen-bond acceptors (Lipinski definition) is 2. The number of nitrogens with two attached hydrogens (primary N) is 1. The van der Waals surface area contributed by atoms with Crippen LogP contribution in [0.2, 0.25) is 0 Å². The van der Waals surface area contributed by atoms with Crippen molar-refractivity contribution in [2.24, 2.45) is 5.73 Å². The van der Waals surface area contributed by atoms with E-state index < -0.39 is 17.2 Å². The Balaban J connectivity index is 4.60. The summed E-state index contributed by atoms with van der Waals surface area (Å²) in [6.07, 6.45) is 2.33. The van der Waals surface area contributed by atoms with Crippen molar-refractivity contribution in [2.75, 3.05) is 0 Å². The minimum atomic E-state index is -2.15. The summed E-state index contributed by atoms with van der Waals surface area (Å²) in [5.41, 5.74) is 5.82. The van der Waals surface area contributed by atoms with Crippen LogP contribution >= 0.6 is 0 Å². The zero-order chi connectivity index (χ0) is 11.1. The average Bonchev–Trinajstić information content (AvgIpc) is 2.10. The molecule has 0 fully saturated rings. The Hall–Kier alpha value is -0.880. The summed E-state index contributed by atoms with van der Waals surface area (Å²) in [5, 5.41) is 0. The first-order chi connectivity index (χ1) is 6.49. The quantitative estimate of drug-likeness (QED) is 0.453. The lowest BCUT2D eigenvalue weighted by atomic mass is 10.1. The third-order valence-electron chi connectivity index (χ3n) is 1.81. The van der Waals surface area contributed by atoms with Crippen molar-refractivity contribution in [2.45, 2.75) is 33.1 Å². The fraction of sp³-hybridized carbons (Fsp3) is 0.625. The summed E-state index contributed by atoms with van der Waals surface area (Å²) in [4.78, 5) is 10.8. The molecule has 0 saturated heterocycles. The first-order valence-electron chi connectivity index (χ1n) is 4.36. The van der Waals surface area contributed by atoms with E-state index in [1.54, 1.807) is 0 Å². The number of allylic oxidation sites excluding steroid dienone is 1. The molecule has 6 heteroatoms. The molecule has 82 valence electrons. The monoisotopic (exact) mass is 220 g/mol. The van der Waals surface area contributed by atoms with Crippen LogP contribution in [0.4, 0.5) is 0 Å². The molecule has 0 aliphatic heterocycles. The van der Waals surface area contributed by atoms with Gasteiger partial charge in [-0.05, 0) is 19.8 Å². The van der Waals surface area contributed by atoms with Crippen LogP contribution in [0.5, 0.6) is 0 Å². The van der Waals surface area contributed by atoms with E-state index in [0.29, 0.717) is 17.7 Å².